The summed E-state index contributed by atoms with van der Waals surface area (Å²) >= 11 is -2.56. The molecular weight excluding hydrogens is 230 g/mol. The lowest BCUT2D eigenvalue weighted by Gasteiger charge is -2.26. The highest BCUT2D eigenvalue weighted by molar-refractivity contribution is 7.76. The number of nitrogens with zero attached hydrogens (tertiary/aromatic N) is 1. The Labute approximate surface area is 96.1 Å². The molecule has 0 amide bonds. The van der Waals surface area contributed by atoms with Gasteiger partial charge in [-0.25, -0.2) is 4.31 Å². The first-order valence-corrected chi connectivity index (χ1v) is 5.58. The summed E-state index contributed by atoms with van der Waals surface area (Å²) in [6.07, 6.45) is 0. The van der Waals surface area contributed by atoms with Gasteiger partial charge in [-0.3, -0.25) is 9.00 Å². The van der Waals surface area contributed by atoms with Crippen molar-refractivity contribution in [2.45, 2.75) is 13.0 Å². The lowest BCUT2D eigenvalue weighted by Crippen LogP contribution is -2.32. The number of aryl methyl sites for hydroxylation is 1. The number of benzene rings is 1. The van der Waals surface area contributed by atoms with Gasteiger partial charge >= 0.3 is 5.97 Å². The number of carboxylic acids is 1. The van der Waals surface area contributed by atoms with Crippen LogP contribution in [-0.2, 0) is 16.1 Å². The fourth-order valence-corrected chi connectivity index (χ4v) is 1.73. The Bertz CT molecular complexity index is 404. The van der Waals surface area contributed by atoms with Crippen molar-refractivity contribution >= 4 is 17.2 Å². The highest BCUT2D eigenvalue weighted by Gasteiger charge is 2.25. The monoisotopic (exact) mass is 242 g/mol. The Morgan fingerprint density at radius 3 is 2.31 bits per heavy atom. The molecule has 0 heterocycles. The summed E-state index contributed by atoms with van der Waals surface area (Å²) in [5, 5.41) is 9.00. The lowest BCUT2D eigenvalue weighted by atomic mass is 10.1. The van der Waals surface area contributed by atoms with Crippen molar-refractivity contribution in [3.8, 4) is 0 Å². The predicted molar refractivity (Wildman–Crippen MR) is 58.2 cm³/mol. The fraction of sp³-hybridized carbons (Fsp3) is 0.300. The van der Waals surface area contributed by atoms with Crippen LogP contribution in [0, 0.1) is 6.92 Å². The van der Waals surface area contributed by atoms with E-state index in [1.807, 2.05) is 6.92 Å². The summed E-state index contributed by atoms with van der Waals surface area (Å²) in [5.41, 5.74) is 1.42. The molecule has 2 atom stereocenters. The Kier molecular flexibility index (Phi) is 4.17. The van der Waals surface area contributed by atoms with Gasteiger partial charge in [-0.05, 0) is 12.5 Å². The summed E-state index contributed by atoms with van der Waals surface area (Å²) in [7, 11) is 1.22. The molecule has 0 saturated carbocycles. The summed E-state index contributed by atoms with van der Waals surface area (Å²) in [5.74, 6) is -1.20. The molecule has 0 bridgehead atoms. The quantitative estimate of drug-likeness (QED) is 0.793. The maximum absolute atomic E-state index is 11.0. The van der Waals surface area contributed by atoms with Gasteiger partial charge in [-0.1, -0.05) is 29.8 Å². The zero-order valence-corrected chi connectivity index (χ0v) is 9.73. The van der Waals surface area contributed by atoms with Gasteiger partial charge in [0.2, 0.25) is 0 Å². The van der Waals surface area contributed by atoms with Crippen molar-refractivity contribution in [1.82, 2.24) is 4.31 Å². The maximum Gasteiger partial charge on any atom is 0.326 e. The average Bonchev–Trinajstić information content (AvgIpc) is 2.20. The lowest BCUT2D eigenvalue weighted by molar-refractivity contribution is -0.141. The van der Waals surface area contributed by atoms with Gasteiger partial charge in [0.15, 0.2) is 0 Å². The molecule has 0 fully saturated rings. The molecule has 1 aromatic rings. The van der Waals surface area contributed by atoms with E-state index in [-0.39, 0.29) is 0 Å². The standard InChI is InChI=1S/C10H13NO4S/c1-7-3-5-8(6-4-7)9(10(12)13)11(2)16(14)15/h3-6,9H,1-2H3,(H,12,13)(H,14,15)/p-1. The summed E-state index contributed by atoms with van der Waals surface area (Å²) in [4.78, 5) is 11.0. The van der Waals surface area contributed by atoms with Crippen LogP contribution in [-0.4, -0.2) is 31.2 Å². The van der Waals surface area contributed by atoms with Crippen LogP contribution < -0.4 is 0 Å². The molecule has 1 rings (SSSR count). The zero-order chi connectivity index (χ0) is 12.3. The van der Waals surface area contributed by atoms with Gasteiger partial charge in [-0.2, -0.15) is 0 Å². The Balaban J connectivity index is 3.07. The Morgan fingerprint density at radius 2 is 1.94 bits per heavy atom. The van der Waals surface area contributed by atoms with Gasteiger partial charge in [0.25, 0.3) is 0 Å². The molecule has 0 radical (unpaired) electrons. The van der Waals surface area contributed by atoms with Crippen molar-refractivity contribution in [1.29, 1.82) is 0 Å². The molecule has 2 unspecified atom stereocenters. The first kappa shape index (κ1) is 12.8. The van der Waals surface area contributed by atoms with Crippen molar-refractivity contribution in [2.24, 2.45) is 0 Å². The van der Waals surface area contributed by atoms with Crippen molar-refractivity contribution in [2.75, 3.05) is 7.05 Å². The third kappa shape index (κ3) is 2.88. The minimum atomic E-state index is -2.56. The second-order valence-electron chi connectivity index (χ2n) is 3.41. The molecule has 0 aromatic heterocycles. The molecule has 6 heteroatoms. The van der Waals surface area contributed by atoms with Gasteiger partial charge in [0.1, 0.15) is 6.04 Å². The molecule has 0 aliphatic heterocycles. The second-order valence-corrected chi connectivity index (χ2v) is 4.42. The van der Waals surface area contributed by atoms with E-state index in [0.29, 0.717) is 5.56 Å². The maximum atomic E-state index is 11.0. The SMILES string of the molecule is Cc1ccc(C(C(=O)O)N(C)S(=O)[O-])cc1. The zero-order valence-electron chi connectivity index (χ0n) is 8.91. The van der Waals surface area contributed by atoms with E-state index in [1.54, 1.807) is 24.3 Å². The average molecular weight is 242 g/mol. The molecular formula is C10H12NO4S-. The molecule has 88 valence electrons. The molecule has 0 spiro atoms. The van der Waals surface area contributed by atoms with Gasteiger partial charge in [0, 0.05) is 18.3 Å². The van der Waals surface area contributed by atoms with E-state index in [1.165, 1.54) is 7.05 Å². The van der Waals surface area contributed by atoms with Crippen LogP contribution in [0.2, 0.25) is 0 Å². The van der Waals surface area contributed by atoms with Gasteiger partial charge in [0.05, 0.1) is 0 Å². The minimum absolute atomic E-state index is 0.435. The normalized spacial score (nSPS) is 14.8. The summed E-state index contributed by atoms with van der Waals surface area (Å²) < 4.78 is 22.3. The van der Waals surface area contributed by atoms with Crippen LogP contribution >= 0.6 is 0 Å². The summed E-state index contributed by atoms with van der Waals surface area (Å²) in [6, 6.07) is 5.52. The van der Waals surface area contributed by atoms with Gasteiger partial charge in [-0.15, -0.1) is 0 Å². The number of aliphatic carboxylic acids is 1. The largest absolute Gasteiger partial charge is 0.760 e. The molecule has 1 aromatic carbocycles. The van der Waals surface area contributed by atoms with Gasteiger partial charge < -0.3 is 9.66 Å². The second kappa shape index (κ2) is 5.20. The van der Waals surface area contributed by atoms with Crippen LogP contribution in [0.4, 0.5) is 0 Å². The number of likely N-dealkylation sites (N-methyl/N-ethyl adjacent to an activating group) is 1. The number of carboxylic acid groups (broad SMARTS) is 1. The van der Waals surface area contributed by atoms with E-state index in [2.05, 4.69) is 0 Å². The van der Waals surface area contributed by atoms with E-state index >= 15 is 0 Å². The highest BCUT2D eigenvalue weighted by Crippen LogP contribution is 2.20. The number of rotatable bonds is 4. The van der Waals surface area contributed by atoms with Crippen molar-refractivity contribution in [3.05, 3.63) is 35.4 Å². The van der Waals surface area contributed by atoms with Crippen LogP contribution in [0.25, 0.3) is 0 Å². The Morgan fingerprint density at radius 1 is 1.44 bits per heavy atom. The van der Waals surface area contributed by atoms with Crippen molar-refractivity contribution < 1.29 is 18.7 Å². The molecule has 0 aliphatic carbocycles. The molecule has 0 saturated heterocycles. The molecule has 1 N–H and O–H groups in total. The first-order chi connectivity index (χ1) is 7.43. The minimum Gasteiger partial charge on any atom is -0.760 e. The third-order valence-corrected chi connectivity index (χ3v) is 2.91. The van der Waals surface area contributed by atoms with Crippen molar-refractivity contribution in [3.63, 3.8) is 0 Å². The molecule has 0 aliphatic rings. The smallest absolute Gasteiger partial charge is 0.326 e. The summed E-state index contributed by atoms with van der Waals surface area (Å²) in [6.45, 7) is 1.87. The predicted octanol–water partition coefficient (Wildman–Crippen LogP) is 0.847. The van der Waals surface area contributed by atoms with E-state index in [0.717, 1.165) is 9.87 Å². The molecule has 5 nitrogen and oxygen atoms in total. The third-order valence-electron chi connectivity index (χ3n) is 2.23. The number of hydrogen-bond acceptors (Lipinski definition) is 3. The molecule has 16 heavy (non-hydrogen) atoms. The number of hydrogen-bond donors (Lipinski definition) is 1. The van der Waals surface area contributed by atoms with E-state index in [9.17, 15) is 13.6 Å². The van der Waals surface area contributed by atoms with E-state index < -0.39 is 23.3 Å². The highest BCUT2D eigenvalue weighted by atomic mass is 32.2. The fourth-order valence-electron chi connectivity index (χ4n) is 1.34. The first-order valence-electron chi connectivity index (χ1n) is 4.55. The van der Waals surface area contributed by atoms with Crippen LogP contribution in [0.1, 0.15) is 17.2 Å². The topological polar surface area (TPSA) is 80.7 Å². The van der Waals surface area contributed by atoms with Crippen LogP contribution in [0.5, 0.6) is 0 Å². The van der Waals surface area contributed by atoms with Crippen LogP contribution in [0.15, 0.2) is 24.3 Å². The number of carbonyl (C=O) groups is 1. The Hall–Kier alpha value is -1.24. The van der Waals surface area contributed by atoms with E-state index in [4.69, 9.17) is 5.11 Å². The van der Waals surface area contributed by atoms with Crippen LogP contribution in [0.3, 0.4) is 0 Å².